The van der Waals surface area contributed by atoms with E-state index in [1.807, 2.05) is 41.9 Å². The van der Waals surface area contributed by atoms with E-state index in [4.69, 9.17) is 0 Å². The molecule has 1 saturated carbocycles. The van der Waals surface area contributed by atoms with Crippen LogP contribution in [0.5, 0.6) is 0 Å². The molecular weight excluding hydrogens is 384 g/mol. The summed E-state index contributed by atoms with van der Waals surface area (Å²) in [5.74, 6) is -0.183. The van der Waals surface area contributed by atoms with E-state index in [2.05, 4.69) is 22.2 Å². The quantitative estimate of drug-likeness (QED) is 0.375. The number of nitrogens with one attached hydrogen (secondary N) is 1. The number of hydrogen-bond donors (Lipinski definition) is 1. The van der Waals surface area contributed by atoms with E-state index in [1.54, 1.807) is 0 Å². The summed E-state index contributed by atoms with van der Waals surface area (Å²) < 4.78 is 1.96. The Labute approximate surface area is 176 Å². The highest BCUT2D eigenvalue weighted by Crippen LogP contribution is 2.27. The predicted octanol–water partition coefficient (Wildman–Crippen LogP) is 4.30. The smallest absolute Gasteiger partial charge is 0.294 e. The summed E-state index contributed by atoms with van der Waals surface area (Å²) in [6, 6.07) is 10.0. The SMILES string of the molecule is CCCCCn1nc(C(=O)NC2CCC(O[N+](=O)[O-])CC2)c(C)c1-c1ccccc1. The molecule has 1 amide bonds. The lowest BCUT2D eigenvalue weighted by molar-refractivity contribution is -0.769. The lowest BCUT2D eigenvalue weighted by atomic mass is 9.93. The Morgan fingerprint density at radius 2 is 1.93 bits per heavy atom. The van der Waals surface area contributed by atoms with Gasteiger partial charge >= 0.3 is 0 Å². The van der Waals surface area contributed by atoms with Crippen LogP contribution in [0.1, 0.15) is 67.9 Å². The molecule has 1 N–H and O–H groups in total. The van der Waals surface area contributed by atoms with E-state index >= 15 is 0 Å². The minimum absolute atomic E-state index is 0.0195. The summed E-state index contributed by atoms with van der Waals surface area (Å²) in [6.45, 7) is 4.88. The van der Waals surface area contributed by atoms with Crippen molar-refractivity contribution >= 4 is 5.91 Å². The van der Waals surface area contributed by atoms with Gasteiger partial charge in [-0.2, -0.15) is 5.10 Å². The number of aromatic nitrogens is 2. The van der Waals surface area contributed by atoms with Crippen LogP contribution >= 0.6 is 0 Å². The van der Waals surface area contributed by atoms with Crippen molar-refractivity contribution in [1.82, 2.24) is 15.1 Å². The van der Waals surface area contributed by atoms with Crippen molar-refractivity contribution in [3.05, 3.63) is 51.7 Å². The number of carbonyl (C=O) groups is 1. The molecule has 1 heterocycles. The Morgan fingerprint density at radius 3 is 2.57 bits per heavy atom. The van der Waals surface area contributed by atoms with E-state index < -0.39 is 5.09 Å². The molecule has 1 aromatic carbocycles. The maximum absolute atomic E-state index is 13.0. The molecule has 0 atom stereocenters. The topological polar surface area (TPSA) is 99.3 Å². The van der Waals surface area contributed by atoms with Gasteiger partial charge in [-0.25, -0.2) is 0 Å². The Morgan fingerprint density at radius 1 is 1.23 bits per heavy atom. The molecule has 3 rings (SSSR count). The number of rotatable bonds is 9. The predicted molar refractivity (Wildman–Crippen MR) is 114 cm³/mol. The molecule has 0 bridgehead atoms. The zero-order valence-electron chi connectivity index (χ0n) is 17.7. The fourth-order valence-corrected chi connectivity index (χ4v) is 4.09. The van der Waals surface area contributed by atoms with Gasteiger partial charge in [-0.05, 0) is 39.0 Å². The lowest BCUT2D eigenvalue weighted by Gasteiger charge is -2.27. The van der Waals surface area contributed by atoms with Gasteiger partial charge in [0.05, 0.1) is 5.69 Å². The van der Waals surface area contributed by atoms with Gasteiger partial charge in [0.2, 0.25) is 0 Å². The van der Waals surface area contributed by atoms with Gasteiger partial charge in [-0.15, -0.1) is 10.1 Å². The van der Waals surface area contributed by atoms with Gasteiger partial charge in [-0.1, -0.05) is 50.1 Å². The van der Waals surface area contributed by atoms with Gasteiger partial charge in [-0.3, -0.25) is 9.48 Å². The van der Waals surface area contributed by atoms with Crippen LogP contribution in [-0.4, -0.2) is 32.9 Å². The second-order valence-corrected chi connectivity index (χ2v) is 7.89. The largest absolute Gasteiger partial charge is 0.348 e. The lowest BCUT2D eigenvalue weighted by Crippen LogP contribution is -2.39. The van der Waals surface area contributed by atoms with Crippen LogP contribution in [0.3, 0.4) is 0 Å². The second-order valence-electron chi connectivity index (χ2n) is 7.89. The normalized spacial score (nSPS) is 18.7. The van der Waals surface area contributed by atoms with Crippen LogP contribution in [0.2, 0.25) is 0 Å². The summed E-state index contributed by atoms with van der Waals surface area (Å²) in [4.78, 5) is 28.1. The molecule has 0 spiro atoms. The number of amides is 1. The summed E-state index contributed by atoms with van der Waals surface area (Å²) in [6.07, 6.45) is 5.31. The van der Waals surface area contributed by atoms with Crippen molar-refractivity contribution in [1.29, 1.82) is 0 Å². The Kier molecular flexibility index (Phi) is 7.43. The van der Waals surface area contributed by atoms with Crippen molar-refractivity contribution in [2.75, 3.05) is 0 Å². The van der Waals surface area contributed by atoms with Crippen LogP contribution in [0.25, 0.3) is 11.3 Å². The second kappa shape index (κ2) is 10.2. The van der Waals surface area contributed by atoms with Gasteiger partial charge < -0.3 is 10.2 Å². The van der Waals surface area contributed by atoms with E-state index in [1.165, 1.54) is 0 Å². The monoisotopic (exact) mass is 414 g/mol. The highest BCUT2D eigenvalue weighted by molar-refractivity contribution is 5.95. The molecule has 0 unspecified atom stereocenters. The fourth-order valence-electron chi connectivity index (χ4n) is 4.09. The first-order valence-corrected chi connectivity index (χ1v) is 10.7. The molecule has 162 valence electrons. The molecule has 2 aromatic rings. The van der Waals surface area contributed by atoms with Crippen LogP contribution < -0.4 is 5.32 Å². The van der Waals surface area contributed by atoms with E-state index in [9.17, 15) is 14.9 Å². The molecule has 1 aliphatic carbocycles. The fraction of sp³-hybridized carbons (Fsp3) is 0.545. The average molecular weight is 415 g/mol. The van der Waals surface area contributed by atoms with Crippen molar-refractivity contribution in [2.45, 2.75) is 77.5 Å². The number of nitrogens with zero attached hydrogens (tertiary/aromatic N) is 3. The highest BCUT2D eigenvalue weighted by atomic mass is 17.0. The first-order chi connectivity index (χ1) is 14.5. The zero-order valence-corrected chi connectivity index (χ0v) is 17.7. The Bertz CT molecular complexity index is 858. The molecule has 30 heavy (non-hydrogen) atoms. The third-order valence-corrected chi connectivity index (χ3v) is 5.67. The minimum atomic E-state index is -0.733. The molecule has 1 aliphatic rings. The van der Waals surface area contributed by atoms with Crippen molar-refractivity contribution in [3.63, 3.8) is 0 Å². The van der Waals surface area contributed by atoms with Crippen molar-refractivity contribution < 1.29 is 14.7 Å². The molecule has 1 fully saturated rings. The van der Waals surface area contributed by atoms with E-state index in [0.29, 0.717) is 31.4 Å². The molecular formula is C22H30N4O4. The molecule has 0 saturated heterocycles. The maximum Gasteiger partial charge on any atom is 0.294 e. The van der Waals surface area contributed by atoms with Crippen LogP contribution in [0.4, 0.5) is 0 Å². The van der Waals surface area contributed by atoms with Gasteiger partial charge in [0.25, 0.3) is 11.0 Å². The summed E-state index contributed by atoms with van der Waals surface area (Å²) in [7, 11) is 0. The molecule has 8 heteroatoms. The van der Waals surface area contributed by atoms with Crippen LogP contribution in [0, 0.1) is 17.0 Å². The van der Waals surface area contributed by atoms with E-state index in [0.717, 1.165) is 42.6 Å². The first kappa shape index (κ1) is 21.8. The summed E-state index contributed by atoms with van der Waals surface area (Å²) in [5, 5.41) is 17.5. The Hall–Kier alpha value is -2.90. The van der Waals surface area contributed by atoms with Crippen molar-refractivity contribution in [2.24, 2.45) is 0 Å². The number of hydrogen-bond acceptors (Lipinski definition) is 5. The maximum atomic E-state index is 13.0. The number of carbonyl (C=O) groups excluding carboxylic acids is 1. The van der Waals surface area contributed by atoms with Gasteiger partial charge in [0, 0.05) is 23.7 Å². The minimum Gasteiger partial charge on any atom is -0.348 e. The standard InChI is InChI=1S/C22H30N4O4/c1-3-4-8-15-25-21(17-9-6-5-7-10-17)16(2)20(24-25)22(27)23-18-11-13-19(14-12-18)30-26(28)29/h5-7,9-10,18-19H,3-4,8,11-15H2,1-2H3,(H,23,27). The summed E-state index contributed by atoms with van der Waals surface area (Å²) in [5.41, 5.74) is 3.37. The van der Waals surface area contributed by atoms with Gasteiger partial charge in [0.1, 0.15) is 6.10 Å². The first-order valence-electron chi connectivity index (χ1n) is 10.7. The molecule has 8 nitrogen and oxygen atoms in total. The number of unbranched alkanes of at least 4 members (excludes halogenated alkanes) is 2. The molecule has 0 aliphatic heterocycles. The van der Waals surface area contributed by atoms with Crippen LogP contribution in [-0.2, 0) is 11.4 Å². The number of aryl methyl sites for hydroxylation is 1. The van der Waals surface area contributed by atoms with E-state index in [-0.39, 0.29) is 18.1 Å². The average Bonchev–Trinajstić information content (AvgIpc) is 3.06. The highest BCUT2D eigenvalue weighted by Gasteiger charge is 2.27. The van der Waals surface area contributed by atoms with Crippen molar-refractivity contribution in [3.8, 4) is 11.3 Å². The molecule has 1 aromatic heterocycles. The van der Waals surface area contributed by atoms with Crippen LogP contribution in [0.15, 0.2) is 30.3 Å². The third-order valence-electron chi connectivity index (χ3n) is 5.67. The van der Waals surface area contributed by atoms with Gasteiger partial charge in [0.15, 0.2) is 5.69 Å². The zero-order chi connectivity index (χ0) is 21.5. The summed E-state index contributed by atoms with van der Waals surface area (Å²) >= 11 is 0. The third kappa shape index (κ3) is 5.37. The number of benzene rings is 1. The molecule has 0 radical (unpaired) electrons. The Balaban J connectivity index is 1.73.